The molecule has 0 aliphatic heterocycles. The van der Waals surface area contributed by atoms with Crippen LogP contribution in [0.5, 0.6) is 0 Å². The molecule has 0 saturated heterocycles. The largest absolute Gasteiger partial charge is 0.305 e. The molecule has 11 heavy (non-hydrogen) atoms. The van der Waals surface area contributed by atoms with Gasteiger partial charge in [0.05, 0.1) is 25.0 Å². The van der Waals surface area contributed by atoms with Crippen LogP contribution in [0.4, 0.5) is 0 Å². The first kappa shape index (κ1) is 8.23. The molecule has 1 rings (SSSR count). The highest BCUT2D eigenvalue weighted by Crippen LogP contribution is 2.00. The average Bonchev–Trinajstić information content (AvgIpc) is 2.26. The topological polar surface area (TPSA) is 39.1 Å². The van der Waals surface area contributed by atoms with Crippen LogP contribution in [-0.4, -0.2) is 16.9 Å². The van der Waals surface area contributed by atoms with Crippen molar-refractivity contribution in [3.8, 4) is 0 Å². The monoisotopic (exact) mass is 155 g/mol. The van der Waals surface area contributed by atoms with Crippen molar-refractivity contribution < 1.29 is 4.84 Å². The average molecular weight is 155 g/mol. The molecule has 4 heteroatoms. The lowest BCUT2D eigenvalue weighted by Crippen LogP contribution is -2.13. The lowest BCUT2D eigenvalue weighted by Gasteiger charge is -2.00. The van der Waals surface area contributed by atoms with Gasteiger partial charge >= 0.3 is 0 Å². The van der Waals surface area contributed by atoms with E-state index in [1.807, 2.05) is 24.7 Å². The van der Waals surface area contributed by atoms with Crippen LogP contribution in [0.1, 0.15) is 11.4 Å². The number of nitrogens with zero attached hydrogens (tertiary/aromatic N) is 2. The Morgan fingerprint density at radius 1 is 1.73 bits per heavy atom. The van der Waals surface area contributed by atoms with Crippen LogP contribution in [0.3, 0.4) is 0 Å². The van der Waals surface area contributed by atoms with Crippen molar-refractivity contribution in [1.29, 1.82) is 0 Å². The highest BCUT2D eigenvalue weighted by Gasteiger charge is 1.99. The van der Waals surface area contributed by atoms with Gasteiger partial charge < -0.3 is 4.84 Å². The molecule has 1 aromatic heterocycles. The van der Waals surface area contributed by atoms with Crippen molar-refractivity contribution in [3.63, 3.8) is 0 Å². The molecule has 0 aliphatic rings. The summed E-state index contributed by atoms with van der Waals surface area (Å²) in [5, 5.41) is 4.19. The second-order valence-corrected chi connectivity index (χ2v) is 2.43. The number of hydroxylamine groups is 1. The van der Waals surface area contributed by atoms with Crippen LogP contribution in [0.2, 0.25) is 0 Å². The van der Waals surface area contributed by atoms with E-state index >= 15 is 0 Å². The summed E-state index contributed by atoms with van der Waals surface area (Å²) in [6, 6.07) is 2.02. The zero-order valence-electron chi connectivity index (χ0n) is 7.09. The lowest BCUT2D eigenvalue weighted by molar-refractivity contribution is 0.0850. The Kier molecular flexibility index (Phi) is 2.62. The second-order valence-electron chi connectivity index (χ2n) is 2.43. The molecule has 1 aromatic rings. The van der Waals surface area contributed by atoms with Gasteiger partial charge in [0.2, 0.25) is 0 Å². The number of aromatic nitrogens is 2. The fraction of sp³-hybridized carbons (Fsp3) is 0.571. The fourth-order valence-electron chi connectivity index (χ4n) is 0.976. The van der Waals surface area contributed by atoms with E-state index in [9.17, 15) is 0 Å². The minimum atomic E-state index is 0.688. The van der Waals surface area contributed by atoms with Gasteiger partial charge in [-0.2, -0.15) is 10.6 Å². The van der Waals surface area contributed by atoms with Gasteiger partial charge in [0.15, 0.2) is 0 Å². The molecule has 1 N–H and O–H groups in total. The summed E-state index contributed by atoms with van der Waals surface area (Å²) < 4.78 is 1.83. The van der Waals surface area contributed by atoms with E-state index in [1.54, 1.807) is 7.11 Å². The van der Waals surface area contributed by atoms with E-state index < -0.39 is 0 Å². The summed E-state index contributed by atoms with van der Waals surface area (Å²) in [7, 11) is 3.52. The molecule has 0 aromatic carbocycles. The van der Waals surface area contributed by atoms with Gasteiger partial charge in [-0.1, -0.05) is 0 Å². The lowest BCUT2D eigenvalue weighted by atomic mass is 10.4. The Bertz CT molecular complexity index is 232. The summed E-state index contributed by atoms with van der Waals surface area (Å²) in [4.78, 5) is 4.72. The standard InChI is InChI=1S/C7H13N3O/c1-6-4-7(5-8-11-3)10(2)9-6/h4,8H,5H2,1-3H3. The van der Waals surface area contributed by atoms with Crippen molar-refractivity contribution in [1.82, 2.24) is 15.3 Å². The van der Waals surface area contributed by atoms with Gasteiger partial charge in [0, 0.05) is 7.05 Å². The first-order chi connectivity index (χ1) is 5.24. The molecule has 0 spiro atoms. The molecule has 0 aliphatic carbocycles. The normalized spacial score (nSPS) is 10.5. The molecule has 0 amide bonds. The van der Waals surface area contributed by atoms with Crippen LogP contribution >= 0.6 is 0 Å². The smallest absolute Gasteiger partial charge is 0.0630 e. The van der Waals surface area contributed by atoms with E-state index in [4.69, 9.17) is 4.84 Å². The summed E-state index contributed by atoms with van der Waals surface area (Å²) in [5.74, 6) is 0. The second kappa shape index (κ2) is 3.50. The zero-order valence-corrected chi connectivity index (χ0v) is 7.09. The molecule has 62 valence electrons. The predicted octanol–water partition coefficient (Wildman–Crippen LogP) is 0.380. The Morgan fingerprint density at radius 2 is 2.45 bits per heavy atom. The Balaban J connectivity index is 2.62. The fourth-order valence-corrected chi connectivity index (χ4v) is 0.976. The third-order valence-electron chi connectivity index (χ3n) is 1.50. The van der Waals surface area contributed by atoms with Gasteiger partial charge in [0.25, 0.3) is 0 Å². The molecule has 0 atom stereocenters. The SMILES string of the molecule is CONCc1cc(C)nn1C. The summed E-state index contributed by atoms with van der Waals surface area (Å²) >= 11 is 0. The van der Waals surface area contributed by atoms with E-state index in [1.165, 1.54) is 0 Å². The first-order valence-electron chi connectivity index (χ1n) is 3.49. The molecule has 0 fully saturated rings. The van der Waals surface area contributed by atoms with Gasteiger partial charge in [-0.05, 0) is 13.0 Å². The van der Waals surface area contributed by atoms with Crippen LogP contribution in [-0.2, 0) is 18.4 Å². The van der Waals surface area contributed by atoms with Gasteiger partial charge in [-0.3, -0.25) is 4.68 Å². The predicted molar refractivity (Wildman–Crippen MR) is 41.8 cm³/mol. The first-order valence-corrected chi connectivity index (χ1v) is 3.49. The molecule has 4 nitrogen and oxygen atoms in total. The third-order valence-corrected chi connectivity index (χ3v) is 1.50. The van der Waals surface area contributed by atoms with E-state index in [-0.39, 0.29) is 0 Å². The van der Waals surface area contributed by atoms with Crippen LogP contribution in [0, 0.1) is 6.92 Å². The van der Waals surface area contributed by atoms with Gasteiger partial charge in [-0.25, -0.2) is 0 Å². The van der Waals surface area contributed by atoms with Gasteiger partial charge in [-0.15, -0.1) is 0 Å². The van der Waals surface area contributed by atoms with Crippen molar-refractivity contribution in [2.45, 2.75) is 13.5 Å². The highest BCUT2D eigenvalue weighted by molar-refractivity contribution is 5.07. The summed E-state index contributed by atoms with van der Waals surface area (Å²) in [6.45, 7) is 2.66. The highest BCUT2D eigenvalue weighted by atomic mass is 16.6. The summed E-state index contributed by atoms with van der Waals surface area (Å²) in [5.41, 5.74) is 4.90. The minimum Gasteiger partial charge on any atom is -0.305 e. The Hall–Kier alpha value is -0.870. The minimum absolute atomic E-state index is 0.688. The maximum Gasteiger partial charge on any atom is 0.0630 e. The van der Waals surface area contributed by atoms with Crippen molar-refractivity contribution in [2.75, 3.05) is 7.11 Å². The maximum atomic E-state index is 4.72. The number of rotatable bonds is 3. The van der Waals surface area contributed by atoms with Crippen LogP contribution in [0.15, 0.2) is 6.07 Å². The van der Waals surface area contributed by atoms with Crippen molar-refractivity contribution in [3.05, 3.63) is 17.5 Å². The van der Waals surface area contributed by atoms with Crippen molar-refractivity contribution >= 4 is 0 Å². The van der Waals surface area contributed by atoms with Crippen LogP contribution < -0.4 is 5.48 Å². The Morgan fingerprint density at radius 3 is 2.91 bits per heavy atom. The zero-order chi connectivity index (χ0) is 8.27. The molecule has 0 saturated carbocycles. The number of aryl methyl sites for hydroxylation is 2. The number of hydrogen-bond donors (Lipinski definition) is 1. The maximum absolute atomic E-state index is 4.72. The number of nitrogens with one attached hydrogen (secondary N) is 1. The van der Waals surface area contributed by atoms with Gasteiger partial charge in [0.1, 0.15) is 0 Å². The third kappa shape index (κ3) is 2.03. The molecule has 0 unspecified atom stereocenters. The van der Waals surface area contributed by atoms with Crippen molar-refractivity contribution in [2.24, 2.45) is 7.05 Å². The van der Waals surface area contributed by atoms with Crippen LogP contribution in [0.25, 0.3) is 0 Å². The molecule has 1 heterocycles. The molecule has 0 radical (unpaired) electrons. The van der Waals surface area contributed by atoms with E-state index in [0.29, 0.717) is 6.54 Å². The quantitative estimate of drug-likeness (QED) is 0.641. The Labute approximate surface area is 66.1 Å². The molecule has 0 bridgehead atoms. The molecular formula is C7H13N3O. The molecular weight excluding hydrogens is 142 g/mol. The van der Waals surface area contributed by atoms with E-state index in [0.717, 1.165) is 11.4 Å². The number of hydrogen-bond acceptors (Lipinski definition) is 3. The summed E-state index contributed by atoms with van der Waals surface area (Å²) in [6.07, 6.45) is 0. The van der Waals surface area contributed by atoms with E-state index in [2.05, 4.69) is 10.6 Å².